The minimum absolute atomic E-state index is 0.235. The molecule has 0 radical (unpaired) electrons. The van der Waals surface area contributed by atoms with Crippen molar-refractivity contribution >= 4 is 34.1 Å². The van der Waals surface area contributed by atoms with Gasteiger partial charge in [0.1, 0.15) is 12.1 Å². The number of hydrogen-bond acceptors (Lipinski definition) is 4. The second-order valence-electron chi connectivity index (χ2n) is 5.10. The molecule has 0 spiro atoms. The average molecular weight is 329 g/mol. The van der Waals surface area contributed by atoms with E-state index in [1.54, 1.807) is 36.4 Å². The molecule has 1 N–H and O–H groups in total. The van der Waals surface area contributed by atoms with Gasteiger partial charge in [-0.05, 0) is 36.8 Å². The third kappa shape index (κ3) is 3.22. The highest BCUT2D eigenvalue weighted by Crippen LogP contribution is 2.22. The summed E-state index contributed by atoms with van der Waals surface area (Å²) >= 11 is 6.07. The van der Waals surface area contributed by atoms with Crippen molar-refractivity contribution in [1.82, 2.24) is 15.0 Å². The molecule has 0 fully saturated rings. The first-order chi connectivity index (χ1) is 11.0. The quantitative estimate of drug-likeness (QED) is 0.801. The Labute approximate surface area is 136 Å². The molecule has 1 amide bonds. The Morgan fingerprint density at radius 3 is 2.83 bits per heavy atom. The van der Waals surface area contributed by atoms with Gasteiger partial charge in [0.25, 0.3) is 5.56 Å². The Balaban J connectivity index is 1.83. The molecule has 2 aromatic carbocycles. The summed E-state index contributed by atoms with van der Waals surface area (Å²) in [5, 5.41) is 11.2. The SMILES string of the molecule is Cc1ccc(NC(=O)Cn2nnc3ccccc3c2=O)c(Cl)c1. The molecule has 1 heterocycles. The van der Waals surface area contributed by atoms with Crippen LogP contribution in [0.15, 0.2) is 47.3 Å². The smallest absolute Gasteiger partial charge is 0.278 e. The van der Waals surface area contributed by atoms with E-state index in [9.17, 15) is 9.59 Å². The fourth-order valence-electron chi connectivity index (χ4n) is 2.17. The summed E-state index contributed by atoms with van der Waals surface area (Å²) in [7, 11) is 0. The number of halogens is 1. The number of rotatable bonds is 3. The molecule has 0 atom stereocenters. The topological polar surface area (TPSA) is 76.9 Å². The van der Waals surface area contributed by atoms with Gasteiger partial charge < -0.3 is 5.32 Å². The molecule has 0 saturated carbocycles. The first kappa shape index (κ1) is 15.2. The van der Waals surface area contributed by atoms with Crippen LogP contribution in [0.4, 0.5) is 5.69 Å². The van der Waals surface area contributed by atoms with Gasteiger partial charge in [0, 0.05) is 0 Å². The van der Waals surface area contributed by atoms with E-state index >= 15 is 0 Å². The van der Waals surface area contributed by atoms with E-state index in [1.807, 2.05) is 13.0 Å². The van der Waals surface area contributed by atoms with E-state index in [4.69, 9.17) is 11.6 Å². The molecule has 0 aliphatic carbocycles. The Morgan fingerprint density at radius 2 is 2.04 bits per heavy atom. The molecule has 0 saturated heterocycles. The Kier molecular flexibility index (Phi) is 4.08. The number of hydrogen-bond donors (Lipinski definition) is 1. The third-order valence-corrected chi connectivity index (χ3v) is 3.63. The molecular formula is C16H13ClN4O2. The Morgan fingerprint density at radius 1 is 1.26 bits per heavy atom. The predicted octanol–water partition coefficient (Wildman–Crippen LogP) is 2.39. The summed E-state index contributed by atoms with van der Waals surface area (Å²) in [5.74, 6) is -0.401. The molecule has 6 nitrogen and oxygen atoms in total. The van der Waals surface area contributed by atoms with Gasteiger partial charge in [0.15, 0.2) is 0 Å². The lowest BCUT2D eigenvalue weighted by Gasteiger charge is -2.08. The number of nitrogens with one attached hydrogen (secondary N) is 1. The monoisotopic (exact) mass is 328 g/mol. The van der Waals surface area contributed by atoms with Gasteiger partial charge in [-0.2, -0.15) is 0 Å². The van der Waals surface area contributed by atoms with Crippen molar-refractivity contribution in [1.29, 1.82) is 0 Å². The van der Waals surface area contributed by atoms with E-state index in [0.717, 1.165) is 10.2 Å². The predicted molar refractivity (Wildman–Crippen MR) is 88.6 cm³/mol. The number of anilines is 1. The summed E-state index contributed by atoms with van der Waals surface area (Å²) in [6.07, 6.45) is 0. The maximum absolute atomic E-state index is 12.3. The molecule has 0 bridgehead atoms. The van der Waals surface area contributed by atoms with Crippen LogP contribution in [-0.2, 0) is 11.3 Å². The largest absolute Gasteiger partial charge is 0.323 e. The standard InChI is InChI=1S/C16H13ClN4O2/c1-10-6-7-14(12(17)8-10)18-15(22)9-21-16(23)11-4-2-3-5-13(11)19-20-21/h2-8H,9H2,1H3,(H,18,22). The molecule has 0 aliphatic rings. The van der Waals surface area contributed by atoms with E-state index in [0.29, 0.717) is 21.6 Å². The van der Waals surface area contributed by atoms with Crippen LogP contribution in [-0.4, -0.2) is 20.9 Å². The number of aryl methyl sites for hydroxylation is 1. The summed E-state index contributed by atoms with van der Waals surface area (Å²) in [6.45, 7) is 1.67. The van der Waals surface area contributed by atoms with Crippen molar-refractivity contribution < 1.29 is 4.79 Å². The molecule has 116 valence electrons. The van der Waals surface area contributed by atoms with Gasteiger partial charge in [-0.15, -0.1) is 5.10 Å². The lowest BCUT2D eigenvalue weighted by Crippen LogP contribution is -2.30. The number of benzene rings is 2. The van der Waals surface area contributed by atoms with Gasteiger partial charge in [0.2, 0.25) is 5.91 Å². The number of fused-ring (bicyclic) bond motifs is 1. The molecular weight excluding hydrogens is 316 g/mol. The summed E-state index contributed by atoms with van der Waals surface area (Å²) in [5.41, 5.74) is 1.62. The second-order valence-corrected chi connectivity index (χ2v) is 5.51. The minimum Gasteiger partial charge on any atom is -0.323 e. The maximum Gasteiger partial charge on any atom is 0.278 e. The second kappa shape index (κ2) is 6.18. The number of carbonyl (C=O) groups excluding carboxylic acids is 1. The first-order valence-corrected chi connectivity index (χ1v) is 7.31. The average Bonchev–Trinajstić information content (AvgIpc) is 2.53. The number of aromatic nitrogens is 3. The van der Waals surface area contributed by atoms with Crippen LogP contribution in [0.1, 0.15) is 5.56 Å². The van der Waals surface area contributed by atoms with Crippen LogP contribution < -0.4 is 10.9 Å². The van der Waals surface area contributed by atoms with Gasteiger partial charge in [-0.3, -0.25) is 9.59 Å². The van der Waals surface area contributed by atoms with Crippen LogP contribution >= 0.6 is 11.6 Å². The van der Waals surface area contributed by atoms with Crippen LogP contribution in [0.5, 0.6) is 0 Å². The summed E-state index contributed by atoms with van der Waals surface area (Å²) in [6, 6.07) is 12.2. The van der Waals surface area contributed by atoms with E-state index < -0.39 is 5.91 Å². The maximum atomic E-state index is 12.3. The highest BCUT2D eigenvalue weighted by molar-refractivity contribution is 6.33. The van der Waals surface area contributed by atoms with Crippen molar-refractivity contribution in [2.24, 2.45) is 0 Å². The first-order valence-electron chi connectivity index (χ1n) is 6.93. The molecule has 0 unspecified atom stereocenters. The van der Waals surface area contributed by atoms with Crippen molar-refractivity contribution in [3.63, 3.8) is 0 Å². The third-order valence-electron chi connectivity index (χ3n) is 3.32. The minimum atomic E-state index is -0.401. The molecule has 3 rings (SSSR count). The van der Waals surface area contributed by atoms with Gasteiger partial charge >= 0.3 is 0 Å². The van der Waals surface area contributed by atoms with Crippen molar-refractivity contribution in [2.45, 2.75) is 13.5 Å². The van der Waals surface area contributed by atoms with Crippen molar-refractivity contribution in [2.75, 3.05) is 5.32 Å². The lowest BCUT2D eigenvalue weighted by atomic mass is 10.2. The zero-order chi connectivity index (χ0) is 16.4. The number of carbonyl (C=O) groups is 1. The Bertz CT molecular complexity index is 952. The number of amides is 1. The van der Waals surface area contributed by atoms with Crippen molar-refractivity contribution in [3.05, 3.63) is 63.4 Å². The zero-order valence-corrected chi connectivity index (χ0v) is 13.0. The molecule has 23 heavy (non-hydrogen) atoms. The fourth-order valence-corrected chi connectivity index (χ4v) is 2.46. The highest BCUT2D eigenvalue weighted by atomic mass is 35.5. The summed E-state index contributed by atoms with van der Waals surface area (Å²) < 4.78 is 1.03. The molecule has 1 aromatic heterocycles. The van der Waals surface area contributed by atoms with Crippen molar-refractivity contribution in [3.8, 4) is 0 Å². The van der Waals surface area contributed by atoms with E-state index in [1.165, 1.54) is 0 Å². The van der Waals surface area contributed by atoms with Crippen LogP contribution in [0, 0.1) is 6.92 Å². The summed E-state index contributed by atoms with van der Waals surface area (Å²) in [4.78, 5) is 24.4. The van der Waals surface area contributed by atoms with Gasteiger partial charge in [-0.1, -0.05) is 35.0 Å². The normalized spacial score (nSPS) is 10.7. The fraction of sp³-hybridized carbons (Fsp3) is 0.125. The lowest BCUT2D eigenvalue weighted by molar-refractivity contribution is -0.117. The zero-order valence-electron chi connectivity index (χ0n) is 12.3. The highest BCUT2D eigenvalue weighted by Gasteiger charge is 2.11. The van der Waals surface area contributed by atoms with E-state index in [2.05, 4.69) is 15.6 Å². The number of nitrogens with zero attached hydrogens (tertiary/aromatic N) is 3. The van der Waals surface area contributed by atoms with Crippen LogP contribution in [0.3, 0.4) is 0 Å². The molecule has 0 aliphatic heterocycles. The van der Waals surface area contributed by atoms with Crippen LogP contribution in [0.2, 0.25) is 5.02 Å². The Hall–Kier alpha value is -2.73. The van der Waals surface area contributed by atoms with E-state index in [-0.39, 0.29) is 12.1 Å². The molecule has 3 aromatic rings. The molecule has 7 heteroatoms. The van der Waals surface area contributed by atoms with Gasteiger partial charge in [0.05, 0.1) is 16.1 Å². The van der Waals surface area contributed by atoms with Gasteiger partial charge in [-0.25, -0.2) is 4.68 Å². The van der Waals surface area contributed by atoms with Crippen LogP contribution in [0.25, 0.3) is 10.9 Å².